The highest BCUT2D eigenvalue weighted by Crippen LogP contribution is 2.12. The number of nitrogens with zero attached hydrogens (tertiary/aromatic N) is 3. The monoisotopic (exact) mass is 224 g/mol. The molecule has 1 N–H and O–H groups in total. The molecule has 1 aromatic rings. The van der Waals surface area contributed by atoms with Crippen LogP contribution in [-0.4, -0.2) is 47.1 Å². The lowest BCUT2D eigenvalue weighted by molar-refractivity contribution is 0.0687. The molecule has 0 bridgehead atoms. The first-order valence-corrected chi connectivity index (χ1v) is 5.46. The first-order valence-electron chi connectivity index (χ1n) is 5.46. The van der Waals surface area contributed by atoms with E-state index in [9.17, 15) is 4.79 Å². The zero-order valence-electron chi connectivity index (χ0n) is 9.56. The van der Waals surface area contributed by atoms with Gasteiger partial charge in [0.25, 0.3) is 11.7 Å². The molecule has 6 heteroatoms. The Bertz CT molecular complexity index is 371. The van der Waals surface area contributed by atoms with Crippen molar-refractivity contribution in [1.82, 2.24) is 20.4 Å². The number of carbonyl (C=O) groups is 1. The summed E-state index contributed by atoms with van der Waals surface area (Å²) in [6.45, 7) is 3.58. The highest BCUT2D eigenvalue weighted by Gasteiger charge is 2.25. The van der Waals surface area contributed by atoms with E-state index in [1.165, 1.54) is 0 Å². The Labute approximate surface area is 94.0 Å². The van der Waals surface area contributed by atoms with Gasteiger partial charge in [0.15, 0.2) is 0 Å². The Kier molecular flexibility index (Phi) is 3.19. The number of carbonyl (C=O) groups excluding carboxylic acids is 1. The van der Waals surface area contributed by atoms with Gasteiger partial charge in [0.1, 0.15) is 0 Å². The summed E-state index contributed by atoms with van der Waals surface area (Å²) in [6, 6.07) is 0.271. The Morgan fingerprint density at radius 2 is 2.19 bits per heavy atom. The maximum atomic E-state index is 12.0. The van der Waals surface area contributed by atoms with E-state index in [0.717, 1.165) is 25.9 Å². The second-order valence-corrected chi connectivity index (χ2v) is 4.03. The fourth-order valence-electron chi connectivity index (χ4n) is 1.90. The maximum Gasteiger partial charge on any atom is 0.295 e. The molecule has 0 radical (unpaired) electrons. The quantitative estimate of drug-likeness (QED) is 0.777. The number of piperidine rings is 1. The topological polar surface area (TPSA) is 71.3 Å². The summed E-state index contributed by atoms with van der Waals surface area (Å²) in [5.41, 5.74) is 0. The average Bonchev–Trinajstić information content (AvgIpc) is 2.75. The van der Waals surface area contributed by atoms with E-state index in [-0.39, 0.29) is 17.8 Å². The molecule has 0 aromatic carbocycles. The van der Waals surface area contributed by atoms with Crippen LogP contribution in [0.4, 0.5) is 0 Å². The van der Waals surface area contributed by atoms with Crippen LogP contribution in [0.1, 0.15) is 29.4 Å². The van der Waals surface area contributed by atoms with Crippen molar-refractivity contribution in [3.8, 4) is 0 Å². The zero-order valence-corrected chi connectivity index (χ0v) is 9.56. The van der Waals surface area contributed by atoms with Gasteiger partial charge in [0.05, 0.1) is 0 Å². The highest BCUT2D eigenvalue weighted by atomic mass is 16.5. The molecule has 1 saturated heterocycles. The first-order chi connectivity index (χ1) is 7.68. The lowest BCUT2D eigenvalue weighted by atomic mass is 10.1. The number of amides is 1. The number of hydrogen-bond donors (Lipinski definition) is 1. The van der Waals surface area contributed by atoms with Crippen molar-refractivity contribution in [3.63, 3.8) is 0 Å². The van der Waals surface area contributed by atoms with E-state index in [1.807, 2.05) is 0 Å². The predicted molar refractivity (Wildman–Crippen MR) is 57.0 cm³/mol. The Hall–Kier alpha value is -1.43. The van der Waals surface area contributed by atoms with Gasteiger partial charge in [-0.25, -0.2) is 0 Å². The minimum Gasteiger partial charge on any atom is -0.339 e. The zero-order chi connectivity index (χ0) is 11.5. The van der Waals surface area contributed by atoms with Gasteiger partial charge >= 0.3 is 0 Å². The fraction of sp³-hybridized carbons (Fsp3) is 0.700. The van der Waals surface area contributed by atoms with Gasteiger partial charge in [-0.2, -0.15) is 4.98 Å². The van der Waals surface area contributed by atoms with Crippen LogP contribution in [0.3, 0.4) is 0 Å². The molecule has 1 aliphatic heterocycles. The summed E-state index contributed by atoms with van der Waals surface area (Å²) in [7, 11) is 1.80. The van der Waals surface area contributed by atoms with Crippen LogP contribution in [0.25, 0.3) is 0 Å². The van der Waals surface area contributed by atoms with Crippen molar-refractivity contribution in [2.75, 3.05) is 20.1 Å². The van der Waals surface area contributed by atoms with E-state index in [2.05, 4.69) is 15.5 Å². The van der Waals surface area contributed by atoms with Gasteiger partial charge in [0.2, 0.25) is 5.89 Å². The van der Waals surface area contributed by atoms with Gasteiger partial charge in [-0.15, -0.1) is 0 Å². The number of nitrogens with one attached hydrogen (secondary N) is 1. The van der Waals surface area contributed by atoms with E-state index in [0.29, 0.717) is 5.89 Å². The Morgan fingerprint density at radius 1 is 1.50 bits per heavy atom. The van der Waals surface area contributed by atoms with Gasteiger partial charge in [-0.1, -0.05) is 5.16 Å². The molecule has 1 amide bonds. The third-order valence-corrected chi connectivity index (χ3v) is 2.90. The fourth-order valence-corrected chi connectivity index (χ4v) is 1.90. The van der Waals surface area contributed by atoms with Crippen molar-refractivity contribution >= 4 is 5.91 Å². The van der Waals surface area contributed by atoms with Crippen molar-refractivity contribution in [1.29, 1.82) is 0 Å². The molecule has 88 valence electrons. The number of aromatic nitrogens is 2. The third kappa shape index (κ3) is 2.21. The Balaban J connectivity index is 2.03. The summed E-state index contributed by atoms with van der Waals surface area (Å²) in [6.07, 6.45) is 1.94. The molecular weight excluding hydrogens is 208 g/mol. The minimum atomic E-state index is -0.163. The molecule has 0 unspecified atom stereocenters. The van der Waals surface area contributed by atoms with Crippen LogP contribution in [0.15, 0.2) is 4.52 Å². The molecule has 2 heterocycles. The summed E-state index contributed by atoms with van der Waals surface area (Å²) in [5.74, 6) is 0.407. The van der Waals surface area contributed by atoms with Crippen LogP contribution in [0.2, 0.25) is 0 Å². The summed E-state index contributed by atoms with van der Waals surface area (Å²) in [5, 5.41) is 6.90. The lowest BCUT2D eigenvalue weighted by Crippen LogP contribution is -2.44. The molecule has 0 spiro atoms. The maximum absolute atomic E-state index is 12.0. The first kappa shape index (κ1) is 11.1. The van der Waals surface area contributed by atoms with E-state index in [4.69, 9.17) is 4.52 Å². The van der Waals surface area contributed by atoms with Crippen LogP contribution >= 0.6 is 0 Å². The molecular formula is C10H16N4O2. The van der Waals surface area contributed by atoms with Gasteiger partial charge in [-0.05, 0) is 25.9 Å². The van der Waals surface area contributed by atoms with E-state index < -0.39 is 0 Å². The van der Waals surface area contributed by atoms with Crippen molar-refractivity contribution in [2.45, 2.75) is 25.8 Å². The summed E-state index contributed by atoms with van der Waals surface area (Å²) in [4.78, 5) is 17.6. The highest BCUT2D eigenvalue weighted by molar-refractivity contribution is 5.90. The van der Waals surface area contributed by atoms with Crippen LogP contribution in [0.5, 0.6) is 0 Å². The minimum absolute atomic E-state index is 0.151. The third-order valence-electron chi connectivity index (χ3n) is 2.90. The molecule has 1 aromatic heterocycles. The van der Waals surface area contributed by atoms with Crippen molar-refractivity contribution < 1.29 is 9.32 Å². The van der Waals surface area contributed by atoms with Crippen LogP contribution in [0, 0.1) is 6.92 Å². The second kappa shape index (κ2) is 4.61. The van der Waals surface area contributed by atoms with Crippen LogP contribution in [-0.2, 0) is 0 Å². The summed E-state index contributed by atoms with van der Waals surface area (Å²) < 4.78 is 4.80. The smallest absolute Gasteiger partial charge is 0.295 e. The second-order valence-electron chi connectivity index (χ2n) is 4.03. The van der Waals surface area contributed by atoms with Crippen LogP contribution < -0.4 is 5.32 Å². The molecule has 16 heavy (non-hydrogen) atoms. The number of aryl methyl sites for hydroxylation is 1. The number of hydrogen-bond acceptors (Lipinski definition) is 5. The van der Waals surface area contributed by atoms with Crippen molar-refractivity contribution in [3.05, 3.63) is 11.7 Å². The summed E-state index contributed by atoms with van der Waals surface area (Å²) >= 11 is 0. The van der Waals surface area contributed by atoms with Crippen molar-refractivity contribution in [2.24, 2.45) is 0 Å². The molecule has 6 nitrogen and oxygen atoms in total. The molecule has 1 fully saturated rings. The largest absolute Gasteiger partial charge is 0.339 e. The molecule has 0 aliphatic carbocycles. The predicted octanol–water partition coefficient (Wildman–Crippen LogP) is 0.202. The average molecular weight is 224 g/mol. The van der Waals surface area contributed by atoms with Gasteiger partial charge in [-0.3, -0.25) is 4.79 Å². The SMILES string of the molecule is Cc1nc(C(=O)N(C)C2CCNCC2)no1. The molecule has 1 aliphatic rings. The number of rotatable bonds is 2. The van der Waals surface area contributed by atoms with Gasteiger partial charge < -0.3 is 14.7 Å². The van der Waals surface area contributed by atoms with Gasteiger partial charge in [0, 0.05) is 20.0 Å². The molecule has 0 atom stereocenters. The van der Waals surface area contributed by atoms with E-state index >= 15 is 0 Å². The standard InChI is InChI=1S/C10H16N4O2/c1-7-12-9(13-16-7)10(15)14(2)8-3-5-11-6-4-8/h8,11H,3-6H2,1-2H3. The molecule has 2 rings (SSSR count). The van der Waals surface area contributed by atoms with E-state index in [1.54, 1.807) is 18.9 Å². The molecule has 0 saturated carbocycles. The normalized spacial score (nSPS) is 17.4. The Morgan fingerprint density at radius 3 is 2.75 bits per heavy atom. The lowest BCUT2D eigenvalue weighted by Gasteiger charge is -2.30.